The minimum Gasteiger partial charge on any atom is -0.350 e. The molecule has 0 aliphatic rings. The Kier molecular flexibility index (Phi) is 6.30. The van der Waals surface area contributed by atoms with Crippen LogP contribution in [0.2, 0.25) is 5.02 Å². The third-order valence-electron chi connectivity index (χ3n) is 4.36. The lowest BCUT2D eigenvalue weighted by Gasteiger charge is -2.24. The summed E-state index contributed by atoms with van der Waals surface area (Å²) in [5.74, 6) is -0.834. The number of alkyl halides is 3. The number of likely N-dealkylation sites (N-methyl/N-ethyl adjacent to an activating group) is 1. The summed E-state index contributed by atoms with van der Waals surface area (Å²) in [4.78, 5) is 14.5. The molecule has 0 spiro atoms. The number of carbonyl (C=O) groups is 1. The van der Waals surface area contributed by atoms with Crippen LogP contribution in [0.3, 0.4) is 0 Å². The number of benzene rings is 1. The van der Waals surface area contributed by atoms with Crippen molar-refractivity contribution in [3.8, 4) is 5.69 Å². The van der Waals surface area contributed by atoms with Crippen LogP contribution in [0.5, 0.6) is 0 Å². The molecule has 3 aromatic rings. The molecule has 0 saturated heterocycles. The van der Waals surface area contributed by atoms with Crippen LogP contribution in [0, 0.1) is 0 Å². The zero-order chi connectivity index (χ0) is 21.2. The van der Waals surface area contributed by atoms with E-state index in [-0.39, 0.29) is 18.3 Å². The molecule has 10 heteroatoms. The fourth-order valence-electron chi connectivity index (χ4n) is 2.91. The first-order valence-corrected chi connectivity index (χ1v) is 9.88. The van der Waals surface area contributed by atoms with E-state index >= 15 is 0 Å². The Hall–Kier alpha value is -2.36. The highest BCUT2D eigenvalue weighted by molar-refractivity contribution is 7.08. The summed E-state index contributed by atoms with van der Waals surface area (Å²) in [6.07, 6.45) is -3.83. The third kappa shape index (κ3) is 4.80. The fourth-order valence-corrected chi connectivity index (χ4v) is 3.75. The highest BCUT2D eigenvalue weighted by atomic mass is 35.5. The number of rotatable bonds is 6. The molecule has 154 valence electrons. The SMILES string of the molecule is CN(C)[C@H](CNC(=O)c1cnn(-c2ccc(Cl)cc2)c1C(F)(F)F)c1ccsc1. The van der Waals surface area contributed by atoms with E-state index in [0.29, 0.717) is 9.70 Å². The maximum absolute atomic E-state index is 13.7. The van der Waals surface area contributed by atoms with Crippen LogP contribution in [0.25, 0.3) is 5.69 Å². The van der Waals surface area contributed by atoms with Crippen LogP contribution in [0.15, 0.2) is 47.3 Å². The Bertz CT molecular complexity index is 969. The van der Waals surface area contributed by atoms with Crippen molar-refractivity contribution >= 4 is 28.8 Å². The number of nitrogens with zero attached hydrogens (tertiary/aromatic N) is 3. The number of thiophene rings is 1. The molecule has 0 unspecified atom stereocenters. The van der Waals surface area contributed by atoms with Gasteiger partial charge in [0.2, 0.25) is 0 Å². The Morgan fingerprint density at radius 3 is 2.52 bits per heavy atom. The van der Waals surface area contributed by atoms with E-state index in [0.717, 1.165) is 11.8 Å². The lowest BCUT2D eigenvalue weighted by Crippen LogP contribution is -2.35. The average molecular weight is 443 g/mol. The van der Waals surface area contributed by atoms with Gasteiger partial charge in [0, 0.05) is 11.6 Å². The van der Waals surface area contributed by atoms with Crippen molar-refractivity contribution in [1.29, 1.82) is 0 Å². The maximum atomic E-state index is 13.7. The molecular formula is C19H18ClF3N4OS. The Labute approximate surface area is 174 Å². The van der Waals surface area contributed by atoms with E-state index in [1.807, 2.05) is 35.8 Å². The van der Waals surface area contributed by atoms with Gasteiger partial charge in [0.25, 0.3) is 5.91 Å². The summed E-state index contributed by atoms with van der Waals surface area (Å²) in [7, 11) is 3.68. The molecule has 29 heavy (non-hydrogen) atoms. The summed E-state index contributed by atoms with van der Waals surface area (Å²) in [5.41, 5.74) is -0.525. The van der Waals surface area contributed by atoms with Gasteiger partial charge < -0.3 is 10.2 Å². The number of amides is 1. The summed E-state index contributed by atoms with van der Waals surface area (Å²) in [6.45, 7) is 0.159. The summed E-state index contributed by atoms with van der Waals surface area (Å²) < 4.78 is 41.9. The molecule has 2 aromatic heterocycles. The van der Waals surface area contributed by atoms with Crippen LogP contribution < -0.4 is 5.32 Å². The second kappa shape index (κ2) is 8.56. The van der Waals surface area contributed by atoms with Gasteiger partial charge in [-0.1, -0.05) is 11.6 Å². The van der Waals surface area contributed by atoms with Gasteiger partial charge in [0.15, 0.2) is 5.69 Å². The lowest BCUT2D eigenvalue weighted by atomic mass is 10.1. The van der Waals surface area contributed by atoms with Crippen molar-refractivity contribution in [2.24, 2.45) is 0 Å². The molecule has 0 fully saturated rings. The Morgan fingerprint density at radius 2 is 1.97 bits per heavy atom. The molecule has 0 saturated carbocycles. The summed E-state index contributed by atoms with van der Waals surface area (Å²) >= 11 is 7.32. The first-order chi connectivity index (χ1) is 13.7. The summed E-state index contributed by atoms with van der Waals surface area (Å²) in [6, 6.07) is 7.49. The predicted octanol–water partition coefficient (Wildman–Crippen LogP) is 4.64. The van der Waals surface area contributed by atoms with Gasteiger partial charge in [0.05, 0.1) is 23.5 Å². The number of halogens is 4. The first kappa shape index (κ1) is 21.4. The van der Waals surface area contributed by atoms with Crippen molar-refractivity contribution < 1.29 is 18.0 Å². The monoisotopic (exact) mass is 442 g/mol. The van der Waals surface area contributed by atoms with Crippen molar-refractivity contribution in [3.63, 3.8) is 0 Å². The molecule has 0 bridgehead atoms. The van der Waals surface area contributed by atoms with E-state index in [1.54, 1.807) is 0 Å². The van der Waals surface area contributed by atoms with Gasteiger partial charge in [-0.15, -0.1) is 0 Å². The topological polar surface area (TPSA) is 50.2 Å². The van der Waals surface area contributed by atoms with E-state index in [1.165, 1.54) is 35.6 Å². The van der Waals surface area contributed by atoms with Crippen LogP contribution in [0.1, 0.15) is 27.7 Å². The molecule has 0 aliphatic carbocycles. The van der Waals surface area contributed by atoms with E-state index < -0.39 is 23.3 Å². The van der Waals surface area contributed by atoms with Crippen molar-refractivity contribution in [2.75, 3.05) is 20.6 Å². The van der Waals surface area contributed by atoms with Crippen LogP contribution >= 0.6 is 22.9 Å². The molecule has 0 aliphatic heterocycles. The minimum atomic E-state index is -4.77. The molecule has 1 N–H and O–H groups in total. The molecule has 2 heterocycles. The second-order valence-corrected chi connectivity index (χ2v) is 7.76. The molecule has 3 rings (SSSR count). The van der Waals surface area contributed by atoms with E-state index in [2.05, 4.69) is 10.4 Å². The highest BCUT2D eigenvalue weighted by Crippen LogP contribution is 2.34. The second-order valence-electron chi connectivity index (χ2n) is 6.54. The van der Waals surface area contributed by atoms with Gasteiger partial charge in [0.1, 0.15) is 0 Å². The lowest BCUT2D eigenvalue weighted by molar-refractivity contribution is -0.143. The molecule has 0 radical (unpaired) electrons. The zero-order valence-electron chi connectivity index (χ0n) is 15.6. The number of hydrogen-bond donors (Lipinski definition) is 1. The van der Waals surface area contributed by atoms with E-state index in [4.69, 9.17) is 11.6 Å². The maximum Gasteiger partial charge on any atom is 0.434 e. The zero-order valence-corrected chi connectivity index (χ0v) is 17.1. The molecular weight excluding hydrogens is 425 g/mol. The first-order valence-electron chi connectivity index (χ1n) is 8.56. The molecule has 1 amide bonds. The van der Waals surface area contributed by atoms with E-state index in [9.17, 15) is 18.0 Å². The molecule has 1 atom stereocenters. The third-order valence-corrected chi connectivity index (χ3v) is 5.31. The molecule has 1 aromatic carbocycles. The Balaban J connectivity index is 1.88. The fraction of sp³-hybridized carbons (Fsp3) is 0.263. The summed E-state index contributed by atoms with van der Waals surface area (Å²) in [5, 5.41) is 10.6. The van der Waals surface area contributed by atoms with Gasteiger partial charge in [-0.25, -0.2) is 4.68 Å². The van der Waals surface area contributed by atoms with Crippen LogP contribution in [-0.4, -0.2) is 41.2 Å². The number of aromatic nitrogens is 2. The minimum absolute atomic E-state index is 0.158. The number of hydrogen-bond acceptors (Lipinski definition) is 4. The largest absolute Gasteiger partial charge is 0.434 e. The normalized spacial score (nSPS) is 12.9. The average Bonchev–Trinajstić information content (AvgIpc) is 3.31. The molecule has 5 nitrogen and oxygen atoms in total. The predicted molar refractivity (Wildman–Crippen MR) is 107 cm³/mol. The number of nitrogens with one attached hydrogen (secondary N) is 1. The van der Waals surface area contributed by atoms with Gasteiger partial charge >= 0.3 is 6.18 Å². The Morgan fingerprint density at radius 1 is 1.28 bits per heavy atom. The quantitative estimate of drug-likeness (QED) is 0.605. The van der Waals surface area contributed by atoms with Crippen molar-refractivity contribution in [1.82, 2.24) is 20.0 Å². The van der Waals surface area contributed by atoms with Crippen LogP contribution in [0.4, 0.5) is 13.2 Å². The van der Waals surface area contributed by atoms with Gasteiger partial charge in [-0.05, 0) is 60.8 Å². The van der Waals surface area contributed by atoms with Crippen molar-refractivity contribution in [3.05, 3.63) is 69.1 Å². The standard InChI is InChI=1S/C19H18ClF3N4OS/c1-26(2)16(12-7-8-29-11-12)10-24-18(28)15-9-25-27(17(15)19(21,22)23)14-5-3-13(20)4-6-14/h3-9,11,16H,10H2,1-2H3,(H,24,28)/t16-/m1/s1. The van der Waals surface area contributed by atoms with Gasteiger partial charge in [-0.2, -0.15) is 29.6 Å². The smallest absolute Gasteiger partial charge is 0.350 e. The van der Waals surface area contributed by atoms with Crippen LogP contribution in [-0.2, 0) is 6.18 Å². The van der Waals surface area contributed by atoms with Gasteiger partial charge in [-0.3, -0.25) is 4.79 Å². The van der Waals surface area contributed by atoms with Crippen molar-refractivity contribution in [2.45, 2.75) is 12.2 Å². The number of carbonyl (C=O) groups excluding carboxylic acids is 1. The highest BCUT2D eigenvalue weighted by Gasteiger charge is 2.40.